The van der Waals surface area contributed by atoms with E-state index in [0.717, 1.165) is 17.7 Å². The van der Waals surface area contributed by atoms with Crippen molar-refractivity contribution in [2.75, 3.05) is 6.54 Å². The van der Waals surface area contributed by atoms with Crippen molar-refractivity contribution in [1.82, 2.24) is 0 Å². The number of hydrogen-bond acceptors (Lipinski definition) is 2. The van der Waals surface area contributed by atoms with Crippen LogP contribution in [-0.2, 0) is 5.41 Å². The van der Waals surface area contributed by atoms with Gasteiger partial charge in [-0.2, -0.15) is 5.26 Å². The number of nitriles is 1. The highest BCUT2D eigenvalue weighted by Gasteiger charge is 2.20. The van der Waals surface area contributed by atoms with Crippen LogP contribution in [0.25, 0.3) is 0 Å². The zero-order valence-corrected chi connectivity index (χ0v) is 10.7. The van der Waals surface area contributed by atoms with E-state index in [1.54, 1.807) is 0 Å². The fourth-order valence-electron chi connectivity index (χ4n) is 2.04. The Labute approximate surface area is 103 Å². The number of hydrogen-bond donors (Lipinski definition) is 0. The van der Waals surface area contributed by atoms with Crippen LogP contribution in [0.1, 0.15) is 38.3 Å². The molecule has 88 valence electrons. The van der Waals surface area contributed by atoms with Crippen molar-refractivity contribution in [3.05, 3.63) is 35.4 Å². The second-order valence-corrected chi connectivity index (χ2v) is 5.64. The third-order valence-electron chi connectivity index (χ3n) is 3.21. The van der Waals surface area contributed by atoms with Crippen LogP contribution in [0.2, 0.25) is 0 Å². The molecule has 0 radical (unpaired) electrons. The summed E-state index contributed by atoms with van der Waals surface area (Å²) in [7, 11) is 0. The van der Waals surface area contributed by atoms with Gasteiger partial charge in [0.1, 0.15) is 0 Å². The number of rotatable bonds is 1. The monoisotopic (exact) mass is 226 g/mol. The lowest BCUT2D eigenvalue weighted by Gasteiger charge is -2.19. The average molecular weight is 226 g/mol. The van der Waals surface area contributed by atoms with Crippen LogP contribution in [0.3, 0.4) is 0 Å². The zero-order chi connectivity index (χ0) is 12.5. The molecule has 1 aliphatic heterocycles. The van der Waals surface area contributed by atoms with Gasteiger partial charge < -0.3 is 0 Å². The lowest BCUT2D eigenvalue weighted by Crippen LogP contribution is -2.11. The first-order valence-corrected chi connectivity index (χ1v) is 6.04. The first-order valence-electron chi connectivity index (χ1n) is 6.04. The molecule has 1 atom stereocenters. The Hall–Kier alpha value is -1.62. The predicted molar refractivity (Wildman–Crippen MR) is 70.3 cm³/mol. The van der Waals surface area contributed by atoms with Crippen LogP contribution in [0, 0.1) is 17.2 Å². The summed E-state index contributed by atoms with van der Waals surface area (Å²) in [6.07, 6.45) is 0.797. The Kier molecular flexibility index (Phi) is 3.02. The molecule has 0 N–H and O–H groups in total. The number of nitrogens with zero attached hydrogens (tertiary/aromatic N) is 2. The molecule has 0 spiro atoms. The summed E-state index contributed by atoms with van der Waals surface area (Å²) in [4.78, 5) is 4.44. The Morgan fingerprint density at radius 1 is 1.24 bits per heavy atom. The molecule has 1 aromatic carbocycles. The summed E-state index contributed by atoms with van der Waals surface area (Å²) in [5, 5.41) is 8.86. The summed E-state index contributed by atoms with van der Waals surface area (Å²) in [5.41, 5.74) is 3.76. The van der Waals surface area contributed by atoms with Gasteiger partial charge in [0.05, 0.1) is 18.5 Å². The second kappa shape index (κ2) is 4.33. The Balaban J connectivity index is 2.18. The minimum atomic E-state index is 0.0762. The van der Waals surface area contributed by atoms with E-state index in [1.165, 1.54) is 5.56 Å². The van der Waals surface area contributed by atoms with Gasteiger partial charge in [0, 0.05) is 12.1 Å². The van der Waals surface area contributed by atoms with Crippen molar-refractivity contribution in [3.8, 4) is 6.07 Å². The second-order valence-electron chi connectivity index (χ2n) is 5.64. The van der Waals surface area contributed by atoms with Gasteiger partial charge in [0.2, 0.25) is 0 Å². The van der Waals surface area contributed by atoms with E-state index >= 15 is 0 Å². The topological polar surface area (TPSA) is 36.1 Å². The molecule has 1 unspecified atom stereocenters. The minimum absolute atomic E-state index is 0.0762. The minimum Gasteiger partial charge on any atom is -0.288 e. The van der Waals surface area contributed by atoms with Gasteiger partial charge >= 0.3 is 0 Å². The molecule has 0 amide bonds. The van der Waals surface area contributed by atoms with Gasteiger partial charge in [-0.15, -0.1) is 0 Å². The van der Waals surface area contributed by atoms with E-state index in [2.05, 4.69) is 56.1 Å². The molecule has 0 saturated carbocycles. The molecule has 0 bridgehead atoms. The maximum Gasteiger partial charge on any atom is 0.0714 e. The van der Waals surface area contributed by atoms with Crippen LogP contribution >= 0.6 is 0 Å². The SMILES string of the molecule is CC(C)(C)c1ccc(C2=NCC(C#N)C2)cc1. The van der Waals surface area contributed by atoms with Gasteiger partial charge in [-0.05, 0) is 16.5 Å². The van der Waals surface area contributed by atoms with E-state index < -0.39 is 0 Å². The fourth-order valence-corrected chi connectivity index (χ4v) is 2.04. The van der Waals surface area contributed by atoms with Crippen molar-refractivity contribution in [2.45, 2.75) is 32.6 Å². The van der Waals surface area contributed by atoms with E-state index in [1.807, 2.05) is 0 Å². The molecule has 1 aliphatic rings. The van der Waals surface area contributed by atoms with Gasteiger partial charge in [-0.25, -0.2) is 0 Å². The maximum absolute atomic E-state index is 8.86. The molecular weight excluding hydrogens is 208 g/mol. The Morgan fingerprint density at radius 2 is 1.88 bits per heavy atom. The third kappa shape index (κ3) is 2.55. The summed E-state index contributed by atoms with van der Waals surface area (Å²) in [5.74, 6) is 0.0762. The van der Waals surface area contributed by atoms with Crippen molar-refractivity contribution >= 4 is 5.71 Å². The molecule has 2 heteroatoms. The van der Waals surface area contributed by atoms with Crippen LogP contribution in [0.4, 0.5) is 0 Å². The van der Waals surface area contributed by atoms with Gasteiger partial charge in [-0.1, -0.05) is 45.0 Å². The number of benzene rings is 1. The van der Waals surface area contributed by atoms with Crippen LogP contribution in [-0.4, -0.2) is 12.3 Å². The normalized spacial score (nSPS) is 19.9. The summed E-state index contributed by atoms with van der Waals surface area (Å²) in [6, 6.07) is 10.9. The van der Waals surface area contributed by atoms with Crippen molar-refractivity contribution in [3.63, 3.8) is 0 Å². The first-order chi connectivity index (χ1) is 8.00. The highest BCUT2D eigenvalue weighted by atomic mass is 14.8. The van der Waals surface area contributed by atoms with E-state index in [9.17, 15) is 0 Å². The van der Waals surface area contributed by atoms with Crippen molar-refractivity contribution in [2.24, 2.45) is 10.9 Å². The van der Waals surface area contributed by atoms with Crippen LogP contribution in [0.15, 0.2) is 29.3 Å². The molecule has 1 aromatic rings. The predicted octanol–water partition coefficient (Wildman–Crippen LogP) is 3.32. The summed E-state index contributed by atoms with van der Waals surface area (Å²) < 4.78 is 0. The first kappa shape index (κ1) is 11.9. The highest BCUT2D eigenvalue weighted by molar-refractivity contribution is 6.02. The van der Waals surface area contributed by atoms with Gasteiger partial charge in [-0.3, -0.25) is 4.99 Å². The standard InChI is InChI=1S/C15H18N2/c1-15(2,3)13-6-4-12(5-7-13)14-8-11(9-16)10-17-14/h4-7,11H,8,10H2,1-3H3. The van der Waals surface area contributed by atoms with Gasteiger partial charge in [0.25, 0.3) is 0 Å². The molecule has 2 rings (SSSR count). The zero-order valence-electron chi connectivity index (χ0n) is 10.7. The average Bonchev–Trinajstić information content (AvgIpc) is 2.76. The molecule has 0 aromatic heterocycles. The highest BCUT2D eigenvalue weighted by Crippen LogP contribution is 2.24. The molecule has 0 fully saturated rings. The molecule has 0 saturated heterocycles. The van der Waals surface area contributed by atoms with Crippen molar-refractivity contribution in [1.29, 1.82) is 5.26 Å². The van der Waals surface area contributed by atoms with Crippen LogP contribution in [0.5, 0.6) is 0 Å². The Morgan fingerprint density at radius 3 is 2.35 bits per heavy atom. The summed E-state index contributed by atoms with van der Waals surface area (Å²) >= 11 is 0. The molecule has 1 heterocycles. The fraction of sp³-hybridized carbons (Fsp3) is 0.467. The molecule has 2 nitrogen and oxygen atoms in total. The van der Waals surface area contributed by atoms with Crippen molar-refractivity contribution < 1.29 is 0 Å². The lowest BCUT2D eigenvalue weighted by atomic mass is 9.86. The number of aliphatic imine (C=N–C) groups is 1. The smallest absolute Gasteiger partial charge is 0.0714 e. The van der Waals surface area contributed by atoms with Gasteiger partial charge in [0.15, 0.2) is 0 Å². The third-order valence-corrected chi connectivity index (χ3v) is 3.21. The van der Waals surface area contributed by atoms with E-state index in [4.69, 9.17) is 5.26 Å². The lowest BCUT2D eigenvalue weighted by molar-refractivity contribution is 0.590. The summed E-state index contributed by atoms with van der Waals surface area (Å²) in [6.45, 7) is 7.29. The molecular formula is C15H18N2. The van der Waals surface area contributed by atoms with Crippen LogP contribution < -0.4 is 0 Å². The molecule has 0 aliphatic carbocycles. The maximum atomic E-state index is 8.86. The van der Waals surface area contributed by atoms with E-state index in [-0.39, 0.29) is 11.3 Å². The largest absolute Gasteiger partial charge is 0.288 e. The van der Waals surface area contributed by atoms with E-state index in [0.29, 0.717) is 6.54 Å². The molecule has 17 heavy (non-hydrogen) atoms. The quantitative estimate of drug-likeness (QED) is 0.723. The Bertz CT molecular complexity index is 469.